The summed E-state index contributed by atoms with van der Waals surface area (Å²) in [6, 6.07) is 0.466. The van der Waals surface area contributed by atoms with Crippen molar-refractivity contribution in [2.45, 2.75) is 66.3 Å². The number of hydrogen-bond donors (Lipinski definition) is 1. The molecule has 1 aromatic rings. The molecule has 0 radical (unpaired) electrons. The molecule has 0 aromatic carbocycles. The van der Waals surface area contributed by atoms with Crippen LogP contribution in [-0.4, -0.2) is 29.1 Å². The molecule has 0 bridgehead atoms. The number of rotatable bonds is 7. The lowest BCUT2D eigenvalue weighted by molar-refractivity contribution is 0.628. The average Bonchev–Trinajstić information content (AvgIpc) is 3.22. The number of anilines is 2. The van der Waals surface area contributed by atoms with Crippen molar-refractivity contribution in [3.63, 3.8) is 0 Å². The van der Waals surface area contributed by atoms with Crippen molar-refractivity contribution in [3.05, 3.63) is 11.4 Å². The van der Waals surface area contributed by atoms with Gasteiger partial charge in [0.15, 0.2) is 0 Å². The molecular formula is C17H30N4. The van der Waals surface area contributed by atoms with Gasteiger partial charge in [-0.25, -0.2) is 9.97 Å². The van der Waals surface area contributed by atoms with Crippen LogP contribution in [0.3, 0.4) is 0 Å². The molecule has 1 fully saturated rings. The molecule has 0 aliphatic heterocycles. The van der Waals surface area contributed by atoms with Crippen molar-refractivity contribution < 1.29 is 0 Å². The van der Waals surface area contributed by atoms with Gasteiger partial charge in [0.2, 0.25) is 0 Å². The van der Waals surface area contributed by atoms with Crippen molar-refractivity contribution in [1.29, 1.82) is 0 Å². The van der Waals surface area contributed by atoms with E-state index in [-0.39, 0.29) is 0 Å². The third kappa shape index (κ3) is 3.86. The van der Waals surface area contributed by atoms with Crippen LogP contribution in [0.4, 0.5) is 11.6 Å². The summed E-state index contributed by atoms with van der Waals surface area (Å²) in [5.41, 5.74) is 1.18. The highest BCUT2D eigenvalue weighted by Gasteiger charge is 2.28. The van der Waals surface area contributed by atoms with E-state index in [1.54, 1.807) is 0 Å². The van der Waals surface area contributed by atoms with Gasteiger partial charge < -0.3 is 10.2 Å². The SMILES string of the molecule is CCNc1nc(C(C)C)nc(N(CC2CC2)C(C)C)c1C. The first-order valence-electron chi connectivity index (χ1n) is 8.33. The monoisotopic (exact) mass is 290 g/mol. The summed E-state index contributed by atoms with van der Waals surface area (Å²) in [5, 5.41) is 3.40. The fourth-order valence-corrected chi connectivity index (χ4v) is 2.52. The Bertz CT molecular complexity index is 478. The minimum atomic E-state index is 0.344. The van der Waals surface area contributed by atoms with Gasteiger partial charge in [-0.05, 0) is 46.5 Å². The number of aromatic nitrogens is 2. The number of nitrogens with zero attached hydrogens (tertiary/aromatic N) is 3. The van der Waals surface area contributed by atoms with Crippen molar-refractivity contribution in [1.82, 2.24) is 9.97 Å². The maximum atomic E-state index is 4.89. The molecule has 1 aromatic heterocycles. The van der Waals surface area contributed by atoms with Crippen molar-refractivity contribution in [2.24, 2.45) is 5.92 Å². The van der Waals surface area contributed by atoms with Crippen LogP contribution in [-0.2, 0) is 0 Å². The van der Waals surface area contributed by atoms with Crippen molar-refractivity contribution in [3.8, 4) is 0 Å². The fraction of sp³-hybridized carbons (Fsp3) is 0.765. The summed E-state index contributed by atoms with van der Waals surface area (Å²) in [4.78, 5) is 12.1. The van der Waals surface area contributed by atoms with Gasteiger partial charge in [0.1, 0.15) is 17.5 Å². The van der Waals surface area contributed by atoms with E-state index in [1.165, 1.54) is 18.4 Å². The van der Waals surface area contributed by atoms with E-state index in [0.717, 1.165) is 36.5 Å². The zero-order valence-electron chi connectivity index (χ0n) is 14.4. The Morgan fingerprint density at radius 2 is 1.86 bits per heavy atom. The minimum Gasteiger partial charge on any atom is -0.370 e. The summed E-state index contributed by atoms with van der Waals surface area (Å²) >= 11 is 0. The molecule has 1 aliphatic rings. The lowest BCUT2D eigenvalue weighted by atomic mass is 10.1. The first kappa shape index (κ1) is 16.1. The van der Waals surface area contributed by atoms with E-state index in [2.05, 4.69) is 51.8 Å². The fourth-order valence-electron chi connectivity index (χ4n) is 2.52. The lowest BCUT2D eigenvalue weighted by Crippen LogP contribution is -2.34. The smallest absolute Gasteiger partial charge is 0.137 e. The molecule has 0 atom stereocenters. The number of nitrogens with one attached hydrogen (secondary N) is 1. The molecule has 118 valence electrons. The van der Waals surface area contributed by atoms with Crippen LogP contribution in [0.2, 0.25) is 0 Å². The summed E-state index contributed by atoms with van der Waals surface area (Å²) in [6.07, 6.45) is 2.73. The van der Waals surface area contributed by atoms with Crippen LogP contribution in [0.15, 0.2) is 0 Å². The Balaban J connectivity index is 2.42. The second kappa shape index (κ2) is 6.63. The summed E-state index contributed by atoms with van der Waals surface area (Å²) in [6.45, 7) is 15.1. The Hall–Kier alpha value is -1.32. The molecule has 1 aliphatic carbocycles. The first-order chi connectivity index (χ1) is 9.93. The van der Waals surface area contributed by atoms with Gasteiger partial charge in [0.25, 0.3) is 0 Å². The summed E-state index contributed by atoms with van der Waals surface area (Å²) in [5.74, 6) is 4.25. The highest BCUT2D eigenvalue weighted by molar-refractivity contribution is 5.59. The van der Waals surface area contributed by atoms with Gasteiger partial charge in [-0.15, -0.1) is 0 Å². The van der Waals surface area contributed by atoms with Gasteiger partial charge in [-0.2, -0.15) is 0 Å². The van der Waals surface area contributed by atoms with Gasteiger partial charge in [-0.3, -0.25) is 0 Å². The molecule has 0 saturated heterocycles. The maximum absolute atomic E-state index is 4.89. The predicted molar refractivity (Wildman–Crippen MR) is 90.2 cm³/mol. The molecular weight excluding hydrogens is 260 g/mol. The van der Waals surface area contributed by atoms with Crippen LogP contribution in [0.5, 0.6) is 0 Å². The summed E-state index contributed by atoms with van der Waals surface area (Å²) in [7, 11) is 0. The largest absolute Gasteiger partial charge is 0.370 e. The zero-order valence-corrected chi connectivity index (χ0v) is 14.4. The van der Waals surface area contributed by atoms with E-state index in [4.69, 9.17) is 9.97 Å². The Kier molecular flexibility index (Phi) is 5.07. The van der Waals surface area contributed by atoms with E-state index in [9.17, 15) is 0 Å². The molecule has 1 N–H and O–H groups in total. The van der Waals surface area contributed by atoms with Crippen LogP contribution in [0.1, 0.15) is 64.8 Å². The topological polar surface area (TPSA) is 41.1 Å². The van der Waals surface area contributed by atoms with E-state index in [0.29, 0.717) is 12.0 Å². The van der Waals surface area contributed by atoms with E-state index >= 15 is 0 Å². The van der Waals surface area contributed by atoms with Crippen LogP contribution in [0, 0.1) is 12.8 Å². The average molecular weight is 290 g/mol. The Morgan fingerprint density at radius 3 is 2.33 bits per heavy atom. The lowest BCUT2D eigenvalue weighted by Gasteiger charge is -2.30. The quantitative estimate of drug-likeness (QED) is 0.825. The Morgan fingerprint density at radius 1 is 1.19 bits per heavy atom. The van der Waals surface area contributed by atoms with Gasteiger partial charge in [0.05, 0.1) is 0 Å². The third-order valence-electron chi connectivity index (χ3n) is 4.05. The predicted octanol–water partition coefficient (Wildman–Crippen LogP) is 3.97. The van der Waals surface area contributed by atoms with Crippen molar-refractivity contribution in [2.75, 3.05) is 23.3 Å². The maximum Gasteiger partial charge on any atom is 0.137 e. The van der Waals surface area contributed by atoms with Gasteiger partial charge in [0, 0.05) is 30.6 Å². The highest BCUT2D eigenvalue weighted by atomic mass is 15.2. The van der Waals surface area contributed by atoms with E-state index < -0.39 is 0 Å². The standard InChI is InChI=1S/C17H30N4/c1-7-18-16-13(6)17(20-15(19-16)11(2)3)21(12(4)5)10-14-8-9-14/h11-12,14H,7-10H2,1-6H3,(H,18,19,20). The van der Waals surface area contributed by atoms with Crippen LogP contribution in [0.25, 0.3) is 0 Å². The summed E-state index contributed by atoms with van der Waals surface area (Å²) < 4.78 is 0. The zero-order chi connectivity index (χ0) is 15.6. The molecule has 0 unspecified atom stereocenters. The van der Waals surface area contributed by atoms with Crippen LogP contribution >= 0.6 is 0 Å². The van der Waals surface area contributed by atoms with Gasteiger partial charge in [-0.1, -0.05) is 13.8 Å². The minimum absolute atomic E-state index is 0.344. The third-order valence-corrected chi connectivity index (χ3v) is 4.05. The molecule has 21 heavy (non-hydrogen) atoms. The second-order valence-electron chi connectivity index (χ2n) is 6.75. The molecule has 4 heteroatoms. The molecule has 0 spiro atoms. The van der Waals surface area contributed by atoms with Crippen molar-refractivity contribution >= 4 is 11.6 Å². The van der Waals surface area contributed by atoms with Crippen LogP contribution < -0.4 is 10.2 Å². The van der Waals surface area contributed by atoms with Gasteiger partial charge >= 0.3 is 0 Å². The molecule has 0 amide bonds. The Labute approximate surface area is 129 Å². The number of hydrogen-bond acceptors (Lipinski definition) is 4. The molecule has 1 saturated carbocycles. The normalized spacial score (nSPS) is 14.9. The molecule has 1 heterocycles. The second-order valence-corrected chi connectivity index (χ2v) is 6.75. The highest BCUT2D eigenvalue weighted by Crippen LogP contribution is 2.34. The molecule has 2 rings (SSSR count). The molecule has 4 nitrogen and oxygen atoms in total. The van der Waals surface area contributed by atoms with E-state index in [1.807, 2.05) is 0 Å². The first-order valence-corrected chi connectivity index (χ1v) is 8.33.